The standard InChI is InChI=1S/C16H16O3S/c1-2-15-16(19-15)12-8-10-14(11-9-12)20(17,18)13-6-4-3-5-7-13/h3-11,15-16H,2H2,1H3. The Morgan fingerprint density at radius 1 is 0.950 bits per heavy atom. The third kappa shape index (κ3) is 2.37. The van der Waals surface area contributed by atoms with Crippen LogP contribution in [0.4, 0.5) is 0 Å². The zero-order valence-corrected chi connectivity index (χ0v) is 12.0. The number of ether oxygens (including phenoxy) is 1. The molecule has 2 unspecified atom stereocenters. The van der Waals surface area contributed by atoms with E-state index in [9.17, 15) is 8.42 Å². The van der Waals surface area contributed by atoms with E-state index >= 15 is 0 Å². The van der Waals surface area contributed by atoms with Crippen molar-refractivity contribution in [1.29, 1.82) is 0 Å². The first-order chi connectivity index (χ1) is 9.63. The highest BCUT2D eigenvalue weighted by Gasteiger charge is 2.38. The molecule has 0 aliphatic carbocycles. The second-order valence-electron chi connectivity index (χ2n) is 4.89. The van der Waals surface area contributed by atoms with Gasteiger partial charge in [-0.2, -0.15) is 0 Å². The molecule has 0 amide bonds. The molecule has 1 aliphatic heterocycles. The highest BCUT2D eigenvalue weighted by atomic mass is 32.2. The predicted octanol–water partition coefficient (Wildman–Crippen LogP) is 3.37. The second-order valence-corrected chi connectivity index (χ2v) is 6.84. The first kappa shape index (κ1) is 13.3. The largest absolute Gasteiger partial charge is 0.365 e. The maximum absolute atomic E-state index is 12.4. The molecular weight excluding hydrogens is 272 g/mol. The molecule has 0 radical (unpaired) electrons. The topological polar surface area (TPSA) is 46.7 Å². The Kier molecular flexibility index (Phi) is 3.36. The van der Waals surface area contributed by atoms with E-state index < -0.39 is 9.84 Å². The van der Waals surface area contributed by atoms with Gasteiger partial charge in [0.15, 0.2) is 0 Å². The van der Waals surface area contributed by atoms with E-state index in [1.54, 1.807) is 42.5 Å². The van der Waals surface area contributed by atoms with Crippen molar-refractivity contribution >= 4 is 9.84 Å². The molecule has 104 valence electrons. The van der Waals surface area contributed by atoms with Gasteiger partial charge in [-0.25, -0.2) is 8.42 Å². The molecule has 0 bridgehead atoms. The number of hydrogen-bond donors (Lipinski definition) is 0. The van der Waals surface area contributed by atoms with Gasteiger partial charge in [-0.3, -0.25) is 0 Å². The lowest BCUT2D eigenvalue weighted by atomic mass is 10.1. The summed E-state index contributed by atoms with van der Waals surface area (Å²) >= 11 is 0. The van der Waals surface area contributed by atoms with Gasteiger partial charge in [0.25, 0.3) is 0 Å². The molecule has 2 aromatic carbocycles. The van der Waals surface area contributed by atoms with Crippen molar-refractivity contribution in [3.8, 4) is 0 Å². The molecule has 1 aliphatic rings. The smallest absolute Gasteiger partial charge is 0.206 e. The minimum Gasteiger partial charge on any atom is -0.365 e. The molecule has 20 heavy (non-hydrogen) atoms. The van der Waals surface area contributed by atoms with E-state index in [-0.39, 0.29) is 12.2 Å². The van der Waals surface area contributed by atoms with Crippen LogP contribution in [0, 0.1) is 0 Å². The molecule has 0 aromatic heterocycles. The second kappa shape index (κ2) is 5.04. The van der Waals surface area contributed by atoms with Gasteiger partial charge in [-0.1, -0.05) is 37.3 Å². The van der Waals surface area contributed by atoms with Gasteiger partial charge in [0.2, 0.25) is 9.84 Å². The maximum atomic E-state index is 12.4. The van der Waals surface area contributed by atoms with E-state index in [0.29, 0.717) is 9.79 Å². The first-order valence-electron chi connectivity index (χ1n) is 6.68. The molecular formula is C16H16O3S. The molecule has 3 nitrogen and oxygen atoms in total. The van der Waals surface area contributed by atoms with Crippen LogP contribution in [0.5, 0.6) is 0 Å². The summed E-state index contributed by atoms with van der Waals surface area (Å²) in [4.78, 5) is 0.642. The molecule has 2 aromatic rings. The molecule has 1 heterocycles. The molecule has 0 spiro atoms. The zero-order valence-electron chi connectivity index (χ0n) is 11.2. The average Bonchev–Trinajstić information content (AvgIpc) is 3.28. The van der Waals surface area contributed by atoms with E-state index in [4.69, 9.17) is 4.74 Å². The normalized spacial score (nSPS) is 21.6. The fourth-order valence-corrected chi connectivity index (χ4v) is 3.60. The summed E-state index contributed by atoms with van der Waals surface area (Å²) in [5.41, 5.74) is 1.05. The molecule has 2 atom stereocenters. The minimum absolute atomic E-state index is 0.133. The fraction of sp³-hybridized carbons (Fsp3) is 0.250. The molecule has 1 saturated heterocycles. The van der Waals surface area contributed by atoms with Crippen LogP contribution in [-0.4, -0.2) is 14.5 Å². The predicted molar refractivity (Wildman–Crippen MR) is 76.2 cm³/mol. The zero-order chi connectivity index (χ0) is 14.2. The van der Waals surface area contributed by atoms with Crippen molar-refractivity contribution in [1.82, 2.24) is 0 Å². The van der Waals surface area contributed by atoms with Gasteiger partial charge < -0.3 is 4.74 Å². The van der Waals surface area contributed by atoms with Crippen molar-refractivity contribution in [2.45, 2.75) is 35.3 Å². The minimum atomic E-state index is -3.42. The monoisotopic (exact) mass is 288 g/mol. The number of benzene rings is 2. The Labute approximate surface area is 119 Å². The first-order valence-corrected chi connectivity index (χ1v) is 8.17. The molecule has 3 rings (SSSR count). The quantitative estimate of drug-likeness (QED) is 0.810. The summed E-state index contributed by atoms with van der Waals surface area (Å²) in [5, 5.41) is 0. The summed E-state index contributed by atoms with van der Waals surface area (Å²) in [5.74, 6) is 0. The van der Waals surface area contributed by atoms with E-state index in [1.807, 2.05) is 12.1 Å². The lowest BCUT2D eigenvalue weighted by Gasteiger charge is -2.05. The average molecular weight is 288 g/mol. The lowest BCUT2D eigenvalue weighted by Crippen LogP contribution is -2.01. The summed E-state index contributed by atoms with van der Waals surface area (Å²) in [6, 6.07) is 15.5. The number of rotatable bonds is 4. The summed E-state index contributed by atoms with van der Waals surface area (Å²) in [6.07, 6.45) is 1.40. The Morgan fingerprint density at radius 3 is 2.10 bits per heavy atom. The lowest BCUT2D eigenvalue weighted by molar-refractivity contribution is 0.370. The summed E-state index contributed by atoms with van der Waals surface area (Å²) in [7, 11) is -3.42. The third-order valence-corrected chi connectivity index (χ3v) is 5.34. The van der Waals surface area contributed by atoms with E-state index in [2.05, 4.69) is 6.92 Å². The van der Waals surface area contributed by atoms with Gasteiger partial charge in [0.1, 0.15) is 6.10 Å². The van der Waals surface area contributed by atoms with Crippen molar-refractivity contribution in [3.63, 3.8) is 0 Å². The van der Waals surface area contributed by atoms with Crippen molar-refractivity contribution < 1.29 is 13.2 Å². The Bertz CT molecular complexity index is 690. The van der Waals surface area contributed by atoms with Crippen LogP contribution >= 0.6 is 0 Å². The number of hydrogen-bond acceptors (Lipinski definition) is 3. The van der Waals surface area contributed by atoms with E-state index in [1.165, 1.54) is 0 Å². The van der Waals surface area contributed by atoms with Crippen LogP contribution in [0.1, 0.15) is 25.0 Å². The summed E-state index contributed by atoms with van der Waals surface area (Å²) < 4.78 is 30.4. The number of epoxide rings is 1. The van der Waals surface area contributed by atoms with Gasteiger partial charge in [0.05, 0.1) is 15.9 Å². The van der Waals surface area contributed by atoms with Crippen LogP contribution in [-0.2, 0) is 14.6 Å². The Hall–Kier alpha value is -1.65. The molecule has 4 heteroatoms. The maximum Gasteiger partial charge on any atom is 0.206 e. The van der Waals surface area contributed by atoms with E-state index in [0.717, 1.165) is 12.0 Å². The van der Waals surface area contributed by atoms with Crippen LogP contribution in [0.15, 0.2) is 64.4 Å². The molecule has 1 fully saturated rings. The van der Waals surface area contributed by atoms with Gasteiger partial charge >= 0.3 is 0 Å². The molecule has 0 saturated carbocycles. The Balaban J connectivity index is 1.88. The van der Waals surface area contributed by atoms with Gasteiger partial charge in [-0.15, -0.1) is 0 Å². The van der Waals surface area contributed by atoms with Crippen LogP contribution < -0.4 is 0 Å². The highest BCUT2D eigenvalue weighted by molar-refractivity contribution is 7.91. The highest BCUT2D eigenvalue weighted by Crippen LogP contribution is 2.40. The summed E-state index contributed by atoms with van der Waals surface area (Å²) in [6.45, 7) is 2.08. The molecule has 0 N–H and O–H groups in total. The van der Waals surface area contributed by atoms with Crippen LogP contribution in [0.2, 0.25) is 0 Å². The third-order valence-electron chi connectivity index (χ3n) is 3.56. The van der Waals surface area contributed by atoms with Gasteiger partial charge in [0, 0.05) is 0 Å². The van der Waals surface area contributed by atoms with Gasteiger partial charge in [-0.05, 0) is 36.2 Å². The van der Waals surface area contributed by atoms with Crippen molar-refractivity contribution in [3.05, 3.63) is 60.2 Å². The van der Waals surface area contributed by atoms with Crippen LogP contribution in [0.3, 0.4) is 0 Å². The number of sulfone groups is 1. The fourth-order valence-electron chi connectivity index (χ4n) is 2.32. The van der Waals surface area contributed by atoms with Crippen molar-refractivity contribution in [2.24, 2.45) is 0 Å². The SMILES string of the molecule is CCC1OC1c1ccc(S(=O)(=O)c2ccccc2)cc1. The Morgan fingerprint density at radius 2 is 1.55 bits per heavy atom. The van der Waals surface area contributed by atoms with Crippen LogP contribution in [0.25, 0.3) is 0 Å². The van der Waals surface area contributed by atoms with Crippen molar-refractivity contribution in [2.75, 3.05) is 0 Å².